The summed E-state index contributed by atoms with van der Waals surface area (Å²) in [4.78, 5) is 4.22. The van der Waals surface area contributed by atoms with E-state index in [1.807, 2.05) is 12.1 Å². The number of fused-ring (bicyclic) bond motifs is 1. The van der Waals surface area contributed by atoms with Gasteiger partial charge in [0.15, 0.2) is 12.0 Å². The lowest BCUT2D eigenvalue weighted by Crippen LogP contribution is -1.91. The molecule has 68 valence electrons. The summed E-state index contributed by atoms with van der Waals surface area (Å²) in [6, 6.07) is 6.10. The van der Waals surface area contributed by atoms with Crippen molar-refractivity contribution in [2.75, 3.05) is 0 Å². The molecule has 1 heterocycles. The Morgan fingerprint density at radius 3 is 3.08 bits per heavy atom. The Labute approximate surface area is 77.6 Å². The topological polar surface area (TPSA) is 26.0 Å². The summed E-state index contributed by atoms with van der Waals surface area (Å²) in [5, 5.41) is 0. The highest BCUT2D eigenvalue weighted by atomic mass is 16.3. The van der Waals surface area contributed by atoms with Crippen LogP contribution in [0.1, 0.15) is 31.7 Å². The molecule has 0 N–H and O–H groups in total. The lowest BCUT2D eigenvalue weighted by Gasteiger charge is -2.07. The van der Waals surface area contributed by atoms with Crippen molar-refractivity contribution >= 4 is 11.1 Å². The molecule has 0 bridgehead atoms. The number of hydrogen-bond acceptors (Lipinski definition) is 2. The fraction of sp³-hybridized carbons (Fsp3) is 0.364. The van der Waals surface area contributed by atoms with Gasteiger partial charge in [-0.2, -0.15) is 0 Å². The van der Waals surface area contributed by atoms with Gasteiger partial charge in [0, 0.05) is 0 Å². The summed E-state index contributed by atoms with van der Waals surface area (Å²) in [5.74, 6) is 0.550. The molecule has 0 amide bonds. The molecule has 0 aliphatic carbocycles. The van der Waals surface area contributed by atoms with Crippen LogP contribution in [0.25, 0.3) is 11.1 Å². The second-order valence-corrected chi connectivity index (χ2v) is 3.36. The Morgan fingerprint density at radius 1 is 1.46 bits per heavy atom. The molecule has 2 rings (SSSR count). The summed E-state index contributed by atoms with van der Waals surface area (Å²) < 4.78 is 5.24. The van der Waals surface area contributed by atoms with E-state index in [9.17, 15) is 0 Å². The molecule has 1 atom stereocenters. The highest BCUT2D eigenvalue weighted by molar-refractivity contribution is 5.76. The lowest BCUT2D eigenvalue weighted by atomic mass is 9.98. The van der Waals surface area contributed by atoms with E-state index < -0.39 is 0 Å². The predicted molar refractivity (Wildman–Crippen MR) is 52.7 cm³/mol. The average Bonchev–Trinajstić information content (AvgIpc) is 2.63. The van der Waals surface area contributed by atoms with E-state index in [0.29, 0.717) is 5.92 Å². The molecule has 0 saturated heterocycles. The highest BCUT2D eigenvalue weighted by Crippen LogP contribution is 2.25. The highest BCUT2D eigenvalue weighted by Gasteiger charge is 2.09. The molecule has 0 fully saturated rings. The number of aromatic nitrogens is 1. The van der Waals surface area contributed by atoms with Crippen molar-refractivity contribution in [2.24, 2.45) is 0 Å². The van der Waals surface area contributed by atoms with E-state index in [0.717, 1.165) is 17.5 Å². The summed E-state index contributed by atoms with van der Waals surface area (Å²) in [6.07, 6.45) is 2.64. The minimum Gasteiger partial charge on any atom is -0.443 e. The van der Waals surface area contributed by atoms with Gasteiger partial charge in [-0.1, -0.05) is 26.0 Å². The van der Waals surface area contributed by atoms with Crippen LogP contribution in [0, 0.1) is 0 Å². The van der Waals surface area contributed by atoms with Gasteiger partial charge in [-0.3, -0.25) is 0 Å². The van der Waals surface area contributed by atoms with Crippen LogP contribution < -0.4 is 0 Å². The minimum atomic E-state index is 0.550. The molecule has 0 spiro atoms. The van der Waals surface area contributed by atoms with Gasteiger partial charge in [-0.05, 0) is 24.0 Å². The van der Waals surface area contributed by atoms with Crippen molar-refractivity contribution in [1.82, 2.24) is 4.98 Å². The smallest absolute Gasteiger partial charge is 0.181 e. The van der Waals surface area contributed by atoms with Gasteiger partial charge in [0.05, 0.1) is 0 Å². The Morgan fingerprint density at radius 2 is 2.31 bits per heavy atom. The van der Waals surface area contributed by atoms with Crippen LogP contribution in [-0.2, 0) is 0 Å². The second-order valence-electron chi connectivity index (χ2n) is 3.36. The SMILES string of the molecule is CCC(C)c1cccc2ocnc12. The zero-order valence-corrected chi connectivity index (χ0v) is 7.95. The van der Waals surface area contributed by atoms with Crippen molar-refractivity contribution in [3.63, 3.8) is 0 Å². The van der Waals surface area contributed by atoms with Gasteiger partial charge in [-0.15, -0.1) is 0 Å². The van der Waals surface area contributed by atoms with E-state index in [1.54, 1.807) is 0 Å². The molecule has 2 heteroatoms. The number of oxazole rings is 1. The molecule has 0 saturated carbocycles. The molecule has 1 unspecified atom stereocenters. The maximum absolute atomic E-state index is 5.24. The third kappa shape index (κ3) is 1.32. The van der Waals surface area contributed by atoms with Crippen LogP contribution in [-0.4, -0.2) is 4.98 Å². The van der Waals surface area contributed by atoms with Crippen molar-refractivity contribution in [2.45, 2.75) is 26.2 Å². The van der Waals surface area contributed by atoms with Crippen LogP contribution in [0.4, 0.5) is 0 Å². The van der Waals surface area contributed by atoms with Crippen molar-refractivity contribution in [3.05, 3.63) is 30.2 Å². The maximum atomic E-state index is 5.24. The second kappa shape index (κ2) is 3.21. The van der Waals surface area contributed by atoms with Crippen LogP contribution in [0.5, 0.6) is 0 Å². The standard InChI is InChI=1S/C11H13NO/c1-3-8(2)9-5-4-6-10-11(9)12-7-13-10/h4-8H,3H2,1-2H3. The fourth-order valence-electron chi connectivity index (χ4n) is 1.53. The van der Waals surface area contributed by atoms with E-state index in [-0.39, 0.29) is 0 Å². The summed E-state index contributed by atoms with van der Waals surface area (Å²) in [7, 11) is 0. The van der Waals surface area contributed by atoms with Gasteiger partial charge in [0.2, 0.25) is 0 Å². The van der Waals surface area contributed by atoms with Gasteiger partial charge in [-0.25, -0.2) is 4.98 Å². The average molecular weight is 175 g/mol. The maximum Gasteiger partial charge on any atom is 0.181 e. The lowest BCUT2D eigenvalue weighted by molar-refractivity contribution is 0.602. The number of nitrogens with zero attached hydrogens (tertiary/aromatic N) is 1. The van der Waals surface area contributed by atoms with Crippen LogP contribution in [0.15, 0.2) is 29.0 Å². The van der Waals surface area contributed by atoms with Crippen molar-refractivity contribution in [1.29, 1.82) is 0 Å². The summed E-state index contributed by atoms with van der Waals surface area (Å²) in [6.45, 7) is 4.40. The molecule has 1 aromatic carbocycles. The van der Waals surface area contributed by atoms with Gasteiger partial charge < -0.3 is 4.42 Å². The van der Waals surface area contributed by atoms with E-state index >= 15 is 0 Å². The predicted octanol–water partition coefficient (Wildman–Crippen LogP) is 3.34. The van der Waals surface area contributed by atoms with E-state index in [1.165, 1.54) is 12.0 Å². The molecule has 0 radical (unpaired) electrons. The van der Waals surface area contributed by atoms with Crippen LogP contribution >= 0.6 is 0 Å². The molecule has 0 aliphatic rings. The van der Waals surface area contributed by atoms with Crippen LogP contribution in [0.2, 0.25) is 0 Å². The summed E-state index contributed by atoms with van der Waals surface area (Å²) >= 11 is 0. The van der Waals surface area contributed by atoms with Crippen molar-refractivity contribution < 1.29 is 4.42 Å². The first-order valence-corrected chi connectivity index (χ1v) is 4.65. The van der Waals surface area contributed by atoms with Gasteiger partial charge >= 0.3 is 0 Å². The largest absolute Gasteiger partial charge is 0.443 e. The molecular formula is C11H13NO. The van der Waals surface area contributed by atoms with Crippen LogP contribution in [0.3, 0.4) is 0 Å². The van der Waals surface area contributed by atoms with Gasteiger partial charge in [0.1, 0.15) is 5.52 Å². The minimum absolute atomic E-state index is 0.550. The van der Waals surface area contributed by atoms with Gasteiger partial charge in [0.25, 0.3) is 0 Å². The normalized spacial score (nSPS) is 13.4. The monoisotopic (exact) mass is 175 g/mol. The van der Waals surface area contributed by atoms with Crippen molar-refractivity contribution in [3.8, 4) is 0 Å². The zero-order valence-electron chi connectivity index (χ0n) is 7.95. The third-order valence-corrected chi connectivity index (χ3v) is 2.53. The number of para-hydroxylation sites is 1. The number of rotatable bonds is 2. The Hall–Kier alpha value is -1.31. The molecule has 13 heavy (non-hydrogen) atoms. The number of hydrogen-bond donors (Lipinski definition) is 0. The summed E-state index contributed by atoms with van der Waals surface area (Å²) in [5.41, 5.74) is 3.18. The quantitative estimate of drug-likeness (QED) is 0.699. The Balaban J connectivity index is 2.60. The third-order valence-electron chi connectivity index (χ3n) is 2.53. The zero-order chi connectivity index (χ0) is 9.26. The Kier molecular flexibility index (Phi) is 2.05. The molecular weight excluding hydrogens is 162 g/mol. The van der Waals surface area contributed by atoms with E-state index in [2.05, 4.69) is 24.9 Å². The fourth-order valence-corrected chi connectivity index (χ4v) is 1.53. The first-order valence-electron chi connectivity index (χ1n) is 4.65. The molecule has 1 aromatic heterocycles. The first kappa shape index (κ1) is 8.30. The molecule has 2 aromatic rings. The Bertz CT molecular complexity index is 405. The first-order chi connectivity index (χ1) is 6.33. The molecule has 2 nitrogen and oxygen atoms in total. The molecule has 0 aliphatic heterocycles. The van der Waals surface area contributed by atoms with E-state index in [4.69, 9.17) is 4.42 Å². The number of benzene rings is 1.